The normalized spacial score (nSPS) is 22.8. The molecule has 1 atom stereocenters. The molecule has 0 aromatic heterocycles. The van der Waals surface area contributed by atoms with Crippen molar-refractivity contribution in [3.05, 3.63) is 29.8 Å². The topological polar surface area (TPSA) is 52.6 Å². The average molecular weight is 304 g/mol. The maximum Gasteiger partial charge on any atom is 0.238 e. The number of rotatable bonds is 5. The fourth-order valence-corrected chi connectivity index (χ4v) is 3.05. The van der Waals surface area contributed by atoms with Crippen LogP contribution < -0.4 is 5.32 Å². The van der Waals surface area contributed by atoms with Gasteiger partial charge in [0.15, 0.2) is 0 Å². The quantitative estimate of drug-likeness (QED) is 0.879. The number of likely N-dealkylation sites (tertiary alicyclic amines) is 1. The third kappa shape index (κ3) is 4.55. The summed E-state index contributed by atoms with van der Waals surface area (Å²) in [6, 6.07) is 8.04. The molecule has 1 aromatic carbocycles. The summed E-state index contributed by atoms with van der Waals surface area (Å²) in [6.45, 7) is 8.67. The number of piperidine rings is 1. The number of carbonyl (C=O) groups is 1. The molecule has 1 heterocycles. The Bertz CT molecular complexity index is 498. The summed E-state index contributed by atoms with van der Waals surface area (Å²) >= 11 is 0. The van der Waals surface area contributed by atoms with Crippen molar-refractivity contribution >= 4 is 11.6 Å². The molecule has 0 aliphatic carbocycles. The first kappa shape index (κ1) is 17.0. The number of aliphatic hydroxyl groups is 1. The number of benzene rings is 1. The van der Waals surface area contributed by atoms with Gasteiger partial charge in [-0.15, -0.1) is 0 Å². The fraction of sp³-hybridized carbons (Fsp3) is 0.611. The van der Waals surface area contributed by atoms with Gasteiger partial charge in [-0.1, -0.05) is 32.9 Å². The Morgan fingerprint density at radius 1 is 1.36 bits per heavy atom. The Labute approximate surface area is 133 Å². The molecule has 2 N–H and O–H groups in total. The minimum absolute atomic E-state index is 0.0134. The lowest BCUT2D eigenvalue weighted by atomic mass is 9.83. The number of amides is 1. The molecule has 2 rings (SSSR count). The Hall–Kier alpha value is -1.39. The van der Waals surface area contributed by atoms with Crippen LogP contribution in [-0.4, -0.2) is 42.2 Å². The van der Waals surface area contributed by atoms with Crippen LogP contribution in [0.2, 0.25) is 0 Å². The van der Waals surface area contributed by atoms with Gasteiger partial charge in [0, 0.05) is 24.3 Å². The van der Waals surface area contributed by atoms with Crippen LogP contribution in [0.4, 0.5) is 5.69 Å². The second-order valence-electron chi connectivity index (χ2n) is 7.11. The Balaban J connectivity index is 1.87. The molecule has 4 heteroatoms. The molecular weight excluding hydrogens is 276 g/mol. The summed E-state index contributed by atoms with van der Waals surface area (Å²) in [6.07, 6.45) is 2.06. The lowest BCUT2D eigenvalue weighted by Gasteiger charge is -2.38. The van der Waals surface area contributed by atoms with Gasteiger partial charge in [-0.2, -0.15) is 0 Å². The monoisotopic (exact) mass is 304 g/mol. The van der Waals surface area contributed by atoms with Gasteiger partial charge in [0.1, 0.15) is 0 Å². The number of hydrogen-bond acceptors (Lipinski definition) is 3. The number of nitrogens with zero attached hydrogens (tertiary/aromatic N) is 1. The van der Waals surface area contributed by atoms with Gasteiger partial charge < -0.3 is 10.4 Å². The third-order valence-corrected chi connectivity index (χ3v) is 4.47. The molecule has 1 saturated heterocycles. The molecule has 22 heavy (non-hydrogen) atoms. The lowest BCUT2D eigenvalue weighted by Crippen LogP contribution is -2.46. The van der Waals surface area contributed by atoms with Crippen molar-refractivity contribution in [2.24, 2.45) is 5.41 Å². The highest BCUT2D eigenvalue weighted by atomic mass is 16.3. The van der Waals surface area contributed by atoms with Crippen LogP contribution in [0.5, 0.6) is 0 Å². The fourth-order valence-electron chi connectivity index (χ4n) is 3.05. The van der Waals surface area contributed by atoms with E-state index in [4.69, 9.17) is 0 Å². The summed E-state index contributed by atoms with van der Waals surface area (Å²) in [4.78, 5) is 14.3. The van der Waals surface area contributed by atoms with Crippen molar-refractivity contribution in [2.75, 3.05) is 31.6 Å². The number of anilines is 1. The van der Waals surface area contributed by atoms with Crippen LogP contribution in [0, 0.1) is 5.41 Å². The van der Waals surface area contributed by atoms with Gasteiger partial charge in [-0.25, -0.2) is 0 Å². The van der Waals surface area contributed by atoms with Crippen LogP contribution in [0.1, 0.15) is 45.1 Å². The molecule has 0 spiro atoms. The molecule has 1 aliphatic heterocycles. The van der Waals surface area contributed by atoms with Gasteiger partial charge in [0.25, 0.3) is 0 Å². The van der Waals surface area contributed by atoms with Gasteiger partial charge >= 0.3 is 0 Å². The Morgan fingerprint density at radius 2 is 2.05 bits per heavy atom. The molecule has 1 fully saturated rings. The van der Waals surface area contributed by atoms with Crippen molar-refractivity contribution in [3.8, 4) is 0 Å². The van der Waals surface area contributed by atoms with Crippen molar-refractivity contribution in [2.45, 2.75) is 39.5 Å². The van der Waals surface area contributed by atoms with Gasteiger partial charge in [-0.05, 0) is 43.0 Å². The summed E-state index contributed by atoms with van der Waals surface area (Å²) in [5, 5.41) is 12.4. The van der Waals surface area contributed by atoms with Crippen LogP contribution in [-0.2, 0) is 4.79 Å². The molecular formula is C18H28N2O2. The lowest BCUT2D eigenvalue weighted by molar-refractivity contribution is -0.118. The first-order chi connectivity index (χ1) is 10.4. The van der Waals surface area contributed by atoms with E-state index in [0.29, 0.717) is 12.5 Å². The highest BCUT2D eigenvalue weighted by molar-refractivity contribution is 5.92. The maximum absolute atomic E-state index is 12.2. The van der Waals surface area contributed by atoms with Crippen LogP contribution >= 0.6 is 0 Å². The third-order valence-electron chi connectivity index (χ3n) is 4.47. The zero-order valence-corrected chi connectivity index (χ0v) is 13.9. The molecule has 1 aliphatic rings. The van der Waals surface area contributed by atoms with Gasteiger partial charge in [0.05, 0.1) is 6.54 Å². The summed E-state index contributed by atoms with van der Waals surface area (Å²) in [7, 11) is 0. The van der Waals surface area contributed by atoms with Crippen molar-refractivity contribution in [1.82, 2.24) is 4.90 Å². The van der Waals surface area contributed by atoms with Crippen molar-refractivity contribution in [1.29, 1.82) is 0 Å². The largest absolute Gasteiger partial charge is 0.396 e. The number of carbonyl (C=O) groups excluding carboxylic acids is 1. The highest BCUT2D eigenvalue weighted by Crippen LogP contribution is 2.28. The van der Waals surface area contributed by atoms with E-state index in [2.05, 4.69) is 43.1 Å². The van der Waals surface area contributed by atoms with Gasteiger partial charge in [-0.3, -0.25) is 9.69 Å². The van der Waals surface area contributed by atoms with Crippen molar-refractivity contribution in [3.63, 3.8) is 0 Å². The molecule has 0 saturated carbocycles. The van der Waals surface area contributed by atoms with E-state index in [1.165, 1.54) is 5.56 Å². The average Bonchev–Trinajstić information content (AvgIpc) is 2.47. The van der Waals surface area contributed by atoms with E-state index in [-0.39, 0.29) is 17.9 Å². The number of aliphatic hydroxyl groups excluding tert-OH is 1. The van der Waals surface area contributed by atoms with E-state index in [9.17, 15) is 9.90 Å². The molecule has 0 radical (unpaired) electrons. The van der Waals surface area contributed by atoms with Crippen LogP contribution in [0.3, 0.4) is 0 Å². The van der Waals surface area contributed by atoms with E-state index < -0.39 is 0 Å². The highest BCUT2D eigenvalue weighted by Gasteiger charge is 2.30. The number of nitrogens with one attached hydrogen (secondary N) is 1. The van der Waals surface area contributed by atoms with E-state index in [0.717, 1.165) is 31.6 Å². The SMILES string of the molecule is CC(C)c1ccc(NC(=O)CN2CCCC(C)(CO)C2)cc1. The second kappa shape index (κ2) is 7.25. The standard InChI is InChI=1S/C18H28N2O2/c1-14(2)15-5-7-16(8-6-15)19-17(22)11-20-10-4-9-18(3,12-20)13-21/h5-8,14,21H,4,9-13H2,1-3H3,(H,19,22). The van der Waals surface area contributed by atoms with E-state index in [1.807, 2.05) is 12.1 Å². The van der Waals surface area contributed by atoms with Crippen LogP contribution in [0.15, 0.2) is 24.3 Å². The molecule has 1 amide bonds. The predicted molar refractivity (Wildman–Crippen MR) is 90.0 cm³/mol. The minimum Gasteiger partial charge on any atom is -0.396 e. The maximum atomic E-state index is 12.2. The van der Waals surface area contributed by atoms with E-state index >= 15 is 0 Å². The van der Waals surface area contributed by atoms with Crippen molar-refractivity contribution < 1.29 is 9.90 Å². The molecule has 1 aromatic rings. The first-order valence-corrected chi connectivity index (χ1v) is 8.15. The van der Waals surface area contributed by atoms with Gasteiger partial charge in [0.2, 0.25) is 5.91 Å². The molecule has 122 valence electrons. The zero-order valence-electron chi connectivity index (χ0n) is 13.9. The Kier molecular flexibility index (Phi) is 5.59. The summed E-state index contributed by atoms with van der Waals surface area (Å²) in [5.74, 6) is 0.508. The Morgan fingerprint density at radius 3 is 2.64 bits per heavy atom. The second-order valence-corrected chi connectivity index (χ2v) is 7.11. The predicted octanol–water partition coefficient (Wildman–Crippen LogP) is 2.84. The first-order valence-electron chi connectivity index (χ1n) is 8.15. The molecule has 0 bridgehead atoms. The molecule has 1 unspecified atom stereocenters. The number of hydrogen-bond donors (Lipinski definition) is 2. The zero-order chi connectivity index (χ0) is 16.2. The summed E-state index contributed by atoms with van der Waals surface area (Å²) in [5.41, 5.74) is 2.04. The molecule has 4 nitrogen and oxygen atoms in total. The minimum atomic E-state index is -0.0720. The van der Waals surface area contributed by atoms with E-state index in [1.54, 1.807) is 0 Å². The van der Waals surface area contributed by atoms with Crippen LogP contribution in [0.25, 0.3) is 0 Å². The smallest absolute Gasteiger partial charge is 0.238 e. The summed E-state index contributed by atoms with van der Waals surface area (Å²) < 4.78 is 0.